The van der Waals surface area contributed by atoms with Gasteiger partial charge in [-0.1, -0.05) is 0 Å². The van der Waals surface area contributed by atoms with Crippen molar-refractivity contribution in [1.29, 1.82) is 0 Å². The number of aldehydes is 1. The fourth-order valence-corrected chi connectivity index (χ4v) is 1.60. The molecule has 0 aromatic carbocycles. The highest BCUT2D eigenvalue weighted by Gasteiger charge is 1.93. The van der Waals surface area contributed by atoms with E-state index < -0.39 is 0 Å². The van der Waals surface area contributed by atoms with Crippen LogP contribution in [0.25, 0.3) is 0 Å². The Kier molecular flexibility index (Phi) is 2.63. The normalized spacial score (nSPS) is 9.70. The van der Waals surface area contributed by atoms with Crippen LogP contribution in [0.5, 0.6) is 0 Å². The molecular weight excluding hydrogens is 144 g/mol. The van der Waals surface area contributed by atoms with E-state index in [9.17, 15) is 4.79 Å². The van der Waals surface area contributed by atoms with Crippen LogP contribution in [0.1, 0.15) is 16.9 Å². The van der Waals surface area contributed by atoms with E-state index in [1.165, 1.54) is 10.4 Å². The second kappa shape index (κ2) is 3.52. The fourth-order valence-electron chi connectivity index (χ4n) is 0.854. The average Bonchev–Trinajstić information content (AvgIpc) is 2.31. The Hall–Kier alpha value is -0.630. The van der Waals surface area contributed by atoms with E-state index in [-0.39, 0.29) is 0 Å². The average molecular weight is 154 g/mol. The zero-order chi connectivity index (χ0) is 7.40. The zero-order valence-electron chi connectivity index (χ0n) is 5.96. The Morgan fingerprint density at radius 3 is 3.00 bits per heavy atom. The molecule has 0 bridgehead atoms. The van der Waals surface area contributed by atoms with E-state index in [1.807, 2.05) is 0 Å². The standard InChI is InChI=1S/C8H10OS/c1-7-5-8(6-10-7)3-2-4-9/h4-6H,2-3H2,1H3. The van der Waals surface area contributed by atoms with Gasteiger partial charge in [0, 0.05) is 11.3 Å². The third kappa shape index (κ3) is 1.95. The van der Waals surface area contributed by atoms with Gasteiger partial charge in [0.05, 0.1) is 0 Å². The lowest BCUT2D eigenvalue weighted by atomic mass is 10.2. The van der Waals surface area contributed by atoms with Crippen molar-refractivity contribution < 1.29 is 4.79 Å². The molecule has 0 atom stereocenters. The Bertz CT molecular complexity index is 215. The molecule has 1 aromatic heterocycles. The summed E-state index contributed by atoms with van der Waals surface area (Å²) < 4.78 is 0. The Morgan fingerprint density at radius 1 is 1.70 bits per heavy atom. The van der Waals surface area contributed by atoms with E-state index in [2.05, 4.69) is 18.4 Å². The quantitative estimate of drug-likeness (QED) is 0.610. The van der Waals surface area contributed by atoms with Crippen LogP contribution in [-0.2, 0) is 11.2 Å². The predicted molar refractivity (Wildman–Crippen MR) is 43.4 cm³/mol. The lowest BCUT2D eigenvalue weighted by Gasteiger charge is -1.86. The molecule has 0 aliphatic heterocycles. The minimum Gasteiger partial charge on any atom is -0.303 e. The van der Waals surface area contributed by atoms with Crippen LogP contribution in [0.2, 0.25) is 0 Å². The first-order valence-corrected chi connectivity index (χ1v) is 4.18. The summed E-state index contributed by atoms with van der Waals surface area (Å²) in [6.07, 6.45) is 2.51. The van der Waals surface area contributed by atoms with Gasteiger partial charge >= 0.3 is 0 Å². The summed E-state index contributed by atoms with van der Waals surface area (Å²) >= 11 is 1.74. The van der Waals surface area contributed by atoms with Crippen LogP contribution in [0, 0.1) is 6.92 Å². The van der Waals surface area contributed by atoms with Crippen LogP contribution in [0.3, 0.4) is 0 Å². The summed E-state index contributed by atoms with van der Waals surface area (Å²) in [6, 6.07) is 2.13. The third-order valence-electron chi connectivity index (χ3n) is 1.34. The maximum absolute atomic E-state index is 9.99. The Balaban J connectivity index is 2.49. The van der Waals surface area contributed by atoms with Gasteiger partial charge in [0.2, 0.25) is 0 Å². The summed E-state index contributed by atoms with van der Waals surface area (Å²) in [4.78, 5) is 11.3. The molecule has 0 N–H and O–H groups in total. The lowest BCUT2D eigenvalue weighted by molar-refractivity contribution is -0.107. The number of hydrogen-bond donors (Lipinski definition) is 0. The van der Waals surface area contributed by atoms with Crippen LogP contribution < -0.4 is 0 Å². The smallest absolute Gasteiger partial charge is 0.120 e. The van der Waals surface area contributed by atoms with Crippen molar-refractivity contribution in [3.63, 3.8) is 0 Å². The summed E-state index contributed by atoms with van der Waals surface area (Å²) in [5, 5.41) is 2.11. The van der Waals surface area contributed by atoms with E-state index in [0.29, 0.717) is 6.42 Å². The van der Waals surface area contributed by atoms with Gasteiger partial charge in [-0.05, 0) is 30.4 Å². The SMILES string of the molecule is Cc1cc(CCC=O)cs1. The van der Waals surface area contributed by atoms with Crippen molar-refractivity contribution >= 4 is 17.6 Å². The molecule has 1 aromatic rings. The largest absolute Gasteiger partial charge is 0.303 e. The van der Waals surface area contributed by atoms with Crippen molar-refractivity contribution in [2.45, 2.75) is 19.8 Å². The number of aryl methyl sites for hydroxylation is 2. The highest BCUT2D eigenvalue weighted by atomic mass is 32.1. The molecule has 0 radical (unpaired) electrons. The molecule has 0 unspecified atom stereocenters. The highest BCUT2D eigenvalue weighted by Crippen LogP contribution is 2.13. The van der Waals surface area contributed by atoms with Crippen LogP contribution in [0.15, 0.2) is 11.4 Å². The molecule has 1 heterocycles. The van der Waals surface area contributed by atoms with Crippen molar-refractivity contribution in [3.8, 4) is 0 Å². The van der Waals surface area contributed by atoms with Gasteiger partial charge in [0.25, 0.3) is 0 Å². The minimum absolute atomic E-state index is 0.649. The molecule has 0 amide bonds. The molecule has 10 heavy (non-hydrogen) atoms. The van der Waals surface area contributed by atoms with Gasteiger partial charge in [-0.25, -0.2) is 0 Å². The van der Waals surface area contributed by atoms with Gasteiger partial charge in [-0.15, -0.1) is 11.3 Å². The molecule has 0 fully saturated rings. The Morgan fingerprint density at radius 2 is 2.50 bits per heavy atom. The topological polar surface area (TPSA) is 17.1 Å². The van der Waals surface area contributed by atoms with Crippen LogP contribution >= 0.6 is 11.3 Å². The first-order valence-electron chi connectivity index (χ1n) is 3.30. The molecule has 54 valence electrons. The molecule has 0 saturated heterocycles. The van der Waals surface area contributed by atoms with Gasteiger partial charge in [0.1, 0.15) is 6.29 Å². The maximum Gasteiger partial charge on any atom is 0.120 e. The molecular formula is C8H10OS. The molecule has 0 spiro atoms. The maximum atomic E-state index is 9.99. The van der Waals surface area contributed by atoms with Crippen molar-refractivity contribution in [2.75, 3.05) is 0 Å². The number of rotatable bonds is 3. The second-order valence-electron chi connectivity index (χ2n) is 2.27. The van der Waals surface area contributed by atoms with Gasteiger partial charge < -0.3 is 4.79 Å². The molecule has 0 aliphatic carbocycles. The summed E-state index contributed by atoms with van der Waals surface area (Å²) in [7, 11) is 0. The van der Waals surface area contributed by atoms with Gasteiger partial charge in [-0.3, -0.25) is 0 Å². The van der Waals surface area contributed by atoms with E-state index >= 15 is 0 Å². The van der Waals surface area contributed by atoms with Crippen LogP contribution in [0.4, 0.5) is 0 Å². The zero-order valence-corrected chi connectivity index (χ0v) is 6.78. The second-order valence-corrected chi connectivity index (χ2v) is 3.39. The number of carbonyl (C=O) groups excluding carboxylic acids is 1. The third-order valence-corrected chi connectivity index (χ3v) is 2.25. The fraction of sp³-hybridized carbons (Fsp3) is 0.375. The number of carbonyl (C=O) groups is 1. The molecule has 0 aliphatic rings. The highest BCUT2D eigenvalue weighted by molar-refractivity contribution is 7.10. The van der Waals surface area contributed by atoms with Crippen LogP contribution in [-0.4, -0.2) is 6.29 Å². The summed E-state index contributed by atoms with van der Waals surface area (Å²) in [5.74, 6) is 0. The van der Waals surface area contributed by atoms with Gasteiger partial charge in [-0.2, -0.15) is 0 Å². The minimum atomic E-state index is 0.649. The molecule has 0 saturated carbocycles. The molecule has 1 rings (SSSR count). The first kappa shape index (κ1) is 7.48. The summed E-state index contributed by atoms with van der Waals surface area (Å²) in [6.45, 7) is 2.08. The molecule has 1 nitrogen and oxygen atoms in total. The number of thiophene rings is 1. The number of hydrogen-bond acceptors (Lipinski definition) is 2. The van der Waals surface area contributed by atoms with Crippen molar-refractivity contribution in [3.05, 3.63) is 21.9 Å². The Labute approximate surface area is 64.7 Å². The van der Waals surface area contributed by atoms with Crippen molar-refractivity contribution in [1.82, 2.24) is 0 Å². The summed E-state index contributed by atoms with van der Waals surface area (Å²) in [5.41, 5.74) is 1.29. The van der Waals surface area contributed by atoms with E-state index in [1.54, 1.807) is 11.3 Å². The lowest BCUT2D eigenvalue weighted by Crippen LogP contribution is -1.80. The molecule has 2 heteroatoms. The predicted octanol–water partition coefficient (Wildman–Crippen LogP) is 2.19. The van der Waals surface area contributed by atoms with Crippen molar-refractivity contribution in [2.24, 2.45) is 0 Å². The van der Waals surface area contributed by atoms with E-state index in [4.69, 9.17) is 0 Å². The first-order chi connectivity index (χ1) is 4.83. The van der Waals surface area contributed by atoms with Gasteiger partial charge in [0.15, 0.2) is 0 Å². The monoisotopic (exact) mass is 154 g/mol. The van der Waals surface area contributed by atoms with E-state index in [0.717, 1.165) is 12.7 Å².